The third-order valence-electron chi connectivity index (χ3n) is 4.40. The SMILES string of the molecule is OCC1CN(c2cc(-n3ccnc3)c3ccc(Cl)cc3n2)CCCO1. The maximum atomic E-state index is 9.49. The summed E-state index contributed by atoms with van der Waals surface area (Å²) in [5, 5.41) is 11.2. The van der Waals surface area contributed by atoms with Gasteiger partial charge in [0.1, 0.15) is 5.82 Å². The second-order valence-corrected chi connectivity index (χ2v) is 6.54. The van der Waals surface area contributed by atoms with Gasteiger partial charge in [0.25, 0.3) is 0 Å². The van der Waals surface area contributed by atoms with E-state index in [2.05, 4.69) is 16.0 Å². The molecule has 1 atom stereocenters. The molecule has 0 aliphatic carbocycles. The summed E-state index contributed by atoms with van der Waals surface area (Å²) < 4.78 is 7.63. The molecule has 130 valence electrons. The van der Waals surface area contributed by atoms with Crippen LogP contribution in [0.25, 0.3) is 16.6 Å². The van der Waals surface area contributed by atoms with Crippen molar-refractivity contribution in [3.63, 3.8) is 0 Å². The number of hydrogen-bond acceptors (Lipinski definition) is 5. The first-order valence-corrected chi connectivity index (χ1v) is 8.68. The van der Waals surface area contributed by atoms with Gasteiger partial charge in [-0.15, -0.1) is 0 Å². The van der Waals surface area contributed by atoms with Crippen LogP contribution in [0.3, 0.4) is 0 Å². The summed E-state index contributed by atoms with van der Waals surface area (Å²) in [5.41, 5.74) is 1.83. The predicted molar refractivity (Wildman–Crippen MR) is 97.5 cm³/mol. The molecule has 1 saturated heterocycles. The van der Waals surface area contributed by atoms with Crippen LogP contribution < -0.4 is 4.90 Å². The van der Waals surface area contributed by atoms with E-state index in [1.807, 2.05) is 29.0 Å². The number of aliphatic hydroxyl groups excluding tert-OH is 1. The average molecular weight is 359 g/mol. The molecule has 0 saturated carbocycles. The third-order valence-corrected chi connectivity index (χ3v) is 4.63. The summed E-state index contributed by atoms with van der Waals surface area (Å²) in [6.07, 6.45) is 6.14. The van der Waals surface area contributed by atoms with Gasteiger partial charge in [-0.25, -0.2) is 9.97 Å². The van der Waals surface area contributed by atoms with E-state index in [9.17, 15) is 5.11 Å². The number of imidazole rings is 1. The lowest BCUT2D eigenvalue weighted by atomic mass is 10.1. The summed E-state index contributed by atoms with van der Waals surface area (Å²) in [7, 11) is 0. The molecule has 1 fully saturated rings. The molecule has 6 nitrogen and oxygen atoms in total. The van der Waals surface area contributed by atoms with Gasteiger partial charge in [-0.2, -0.15) is 0 Å². The molecule has 4 rings (SSSR count). The molecule has 1 unspecified atom stereocenters. The van der Waals surface area contributed by atoms with Crippen LogP contribution in [0, 0.1) is 0 Å². The molecule has 1 aromatic carbocycles. The number of fused-ring (bicyclic) bond motifs is 1. The Morgan fingerprint density at radius 2 is 2.24 bits per heavy atom. The highest BCUT2D eigenvalue weighted by Crippen LogP contribution is 2.29. The quantitative estimate of drug-likeness (QED) is 0.779. The standard InChI is InChI=1S/C18H19ClN4O2/c19-13-2-3-15-16(8-13)21-18(9-17(15)23-6-4-20-12-23)22-5-1-7-25-14(10-22)11-24/h2-4,6,8-9,12,14,24H,1,5,7,10-11H2. The lowest BCUT2D eigenvalue weighted by molar-refractivity contribution is 0.0266. The molecule has 3 heterocycles. The van der Waals surface area contributed by atoms with Gasteiger partial charge >= 0.3 is 0 Å². The first-order valence-electron chi connectivity index (χ1n) is 8.30. The molecule has 25 heavy (non-hydrogen) atoms. The van der Waals surface area contributed by atoms with E-state index in [4.69, 9.17) is 21.3 Å². The Kier molecular flexibility index (Phi) is 4.57. The van der Waals surface area contributed by atoms with Gasteiger partial charge in [0, 0.05) is 48.6 Å². The van der Waals surface area contributed by atoms with Gasteiger partial charge in [0.2, 0.25) is 0 Å². The molecule has 1 aliphatic heterocycles. The lowest BCUT2D eigenvalue weighted by Crippen LogP contribution is -2.34. The number of aromatic nitrogens is 3. The first-order chi connectivity index (χ1) is 12.2. The number of pyridine rings is 1. The van der Waals surface area contributed by atoms with Crippen molar-refractivity contribution in [2.75, 3.05) is 31.2 Å². The number of anilines is 1. The zero-order valence-electron chi connectivity index (χ0n) is 13.7. The van der Waals surface area contributed by atoms with Crippen LogP contribution in [0.5, 0.6) is 0 Å². The number of benzene rings is 1. The van der Waals surface area contributed by atoms with Gasteiger partial charge in [0.05, 0.1) is 30.2 Å². The van der Waals surface area contributed by atoms with Gasteiger partial charge in [-0.3, -0.25) is 0 Å². The largest absolute Gasteiger partial charge is 0.394 e. The van der Waals surface area contributed by atoms with Crippen LogP contribution in [0.4, 0.5) is 5.82 Å². The summed E-state index contributed by atoms with van der Waals surface area (Å²) >= 11 is 6.18. The van der Waals surface area contributed by atoms with Crippen LogP contribution in [0.1, 0.15) is 6.42 Å². The predicted octanol–water partition coefficient (Wildman–Crippen LogP) is 2.66. The Labute approximate surface area is 150 Å². The second-order valence-electron chi connectivity index (χ2n) is 6.11. The molecule has 2 aromatic heterocycles. The highest BCUT2D eigenvalue weighted by atomic mass is 35.5. The monoisotopic (exact) mass is 358 g/mol. The van der Waals surface area contributed by atoms with Gasteiger partial charge in [0.15, 0.2) is 0 Å². The number of hydrogen-bond donors (Lipinski definition) is 1. The fourth-order valence-corrected chi connectivity index (χ4v) is 3.33. The topological polar surface area (TPSA) is 63.4 Å². The van der Waals surface area contributed by atoms with Gasteiger partial charge in [-0.05, 0) is 24.6 Å². The van der Waals surface area contributed by atoms with Crippen molar-refractivity contribution in [2.24, 2.45) is 0 Å². The van der Waals surface area contributed by atoms with Crippen molar-refractivity contribution >= 4 is 28.3 Å². The van der Waals surface area contributed by atoms with E-state index in [1.165, 1.54) is 0 Å². The molecule has 1 N–H and O–H groups in total. The summed E-state index contributed by atoms with van der Waals surface area (Å²) in [4.78, 5) is 11.1. The van der Waals surface area contributed by atoms with Crippen LogP contribution in [-0.2, 0) is 4.74 Å². The van der Waals surface area contributed by atoms with Crippen LogP contribution in [-0.4, -0.2) is 52.0 Å². The minimum Gasteiger partial charge on any atom is -0.394 e. The fourth-order valence-electron chi connectivity index (χ4n) is 3.16. The van der Waals surface area contributed by atoms with Crippen LogP contribution >= 0.6 is 11.6 Å². The van der Waals surface area contributed by atoms with Gasteiger partial charge in [-0.1, -0.05) is 11.6 Å². The minimum absolute atomic E-state index is 0.00425. The first kappa shape index (κ1) is 16.3. The lowest BCUT2D eigenvalue weighted by Gasteiger charge is -2.25. The van der Waals surface area contributed by atoms with Crippen molar-refractivity contribution in [1.82, 2.24) is 14.5 Å². The van der Waals surface area contributed by atoms with Crippen LogP contribution in [0.2, 0.25) is 5.02 Å². The third kappa shape index (κ3) is 3.33. The summed E-state index contributed by atoms with van der Waals surface area (Å²) in [5.74, 6) is 0.849. The van der Waals surface area contributed by atoms with Crippen molar-refractivity contribution < 1.29 is 9.84 Å². The Morgan fingerprint density at radius 1 is 1.32 bits per heavy atom. The van der Waals surface area contributed by atoms with E-state index in [0.29, 0.717) is 18.2 Å². The molecule has 1 aliphatic rings. The van der Waals surface area contributed by atoms with Gasteiger partial charge < -0.3 is 19.3 Å². The van der Waals surface area contributed by atoms with Crippen molar-refractivity contribution in [3.8, 4) is 5.69 Å². The summed E-state index contributed by atoms with van der Waals surface area (Å²) in [6.45, 7) is 2.09. The van der Waals surface area contributed by atoms with Crippen molar-refractivity contribution in [2.45, 2.75) is 12.5 Å². The zero-order valence-corrected chi connectivity index (χ0v) is 14.4. The number of nitrogens with zero attached hydrogens (tertiary/aromatic N) is 4. The molecule has 0 bridgehead atoms. The minimum atomic E-state index is -0.198. The molecular formula is C18H19ClN4O2. The van der Waals surface area contributed by atoms with E-state index >= 15 is 0 Å². The average Bonchev–Trinajstić information content (AvgIpc) is 3.05. The number of ether oxygens (including phenoxy) is 1. The smallest absolute Gasteiger partial charge is 0.131 e. The Bertz CT molecular complexity index is 869. The van der Waals surface area contributed by atoms with Crippen LogP contribution in [0.15, 0.2) is 43.0 Å². The highest BCUT2D eigenvalue weighted by Gasteiger charge is 2.20. The number of aliphatic hydroxyl groups is 1. The Balaban J connectivity index is 1.83. The van der Waals surface area contributed by atoms with E-state index < -0.39 is 0 Å². The molecule has 3 aromatic rings. The number of rotatable bonds is 3. The van der Waals surface area contributed by atoms with E-state index in [1.54, 1.807) is 12.5 Å². The molecule has 0 spiro atoms. The van der Waals surface area contributed by atoms with Crippen molar-refractivity contribution in [1.29, 1.82) is 0 Å². The Hall–Kier alpha value is -2.15. The van der Waals surface area contributed by atoms with Crippen molar-refractivity contribution in [3.05, 3.63) is 48.0 Å². The summed E-state index contributed by atoms with van der Waals surface area (Å²) in [6, 6.07) is 7.77. The zero-order chi connectivity index (χ0) is 17.2. The normalized spacial score (nSPS) is 18.5. The van der Waals surface area contributed by atoms with E-state index in [0.717, 1.165) is 35.4 Å². The maximum Gasteiger partial charge on any atom is 0.131 e. The fraction of sp³-hybridized carbons (Fsp3) is 0.333. The molecular weight excluding hydrogens is 340 g/mol. The van der Waals surface area contributed by atoms with E-state index in [-0.39, 0.29) is 12.7 Å². The molecule has 0 radical (unpaired) electrons. The maximum absolute atomic E-state index is 9.49. The highest BCUT2D eigenvalue weighted by molar-refractivity contribution is 6.31. The molecule has 7 heteroatoms. The Morgan fingerprint density at radius 3 is 3.04 bits per heavy atom. The molecule has 0 amide bonds. The second kappa shape index (κ2) is 7.00. The number of halogens is 1.